The first-order valence-corrected chi connectivity index (χ1v) is 9.27. The summed E-state index contributed by atoms with van der Waals surface area (Å²) in [7, 11) is 0. The van der Waals surface area contributed by atoms with Crippen molar-refractivity contribution in [3.05, 3.63) is 18.0 Å². The lowest BCUT2D eigenvalue weighted by atomic mass is 9.75. The minimum atomic E-state index is -1.06. The molecule has 25 heavy (non-hydrogen) atoms. The van der Waals surface area contributed by atoms with Crippen LogP contribution in [0.5, 0.6) is 0 Å². The van der Waals surface area contributed by atoms with Crippen molar-refractivity contribution in [2.45, 2.75) is 63.4 Å². The van der Waals surface area contributed by atoms with Crippen LogP contribution in [0.15, 0.2) is 12.4 Å². The van der Waals surface area contributed by atoms with Gasteiger partial charge in [-0.2, -0.15) is 0 Å². The highest BCUT2D eigenvalue weighted by Crippen LogP contribution is 2.39. The van der Waals surface area contributed by atoms with Crippen LogP contribution in [0.4, 0.5) is 5.95 Å². The molecule has 2 fully saturated rings. The van der Waals surface area contributed by atoms with Gasteiger partial charge >= 0.3 is 0 Å². The zero-order valence-electron chi connectivity index (χ0n) is 15.2. The van der Waals surface area contributed by atoms with Gasteiger partial charge < -0.3 is 20.3 Å². The minimum absolute atomic E-state index is 0.482. The predicted molar refractivity (Wildman–Crippen MR) is 95.3 cm³/mol. The Morgan fingerprint density at radius 2 is 1.96 bits per heavy atom. The second-order valence-electron chi connectivity index (χ2n) is 7.54. The Morgan fingerprint density at radius 3 is 2.60 bits per heavy atom. The van der Waals surface area contributed by atoms with Crippen LogP contribution in [0.2, 0.25) is 0 Å². The number of anilines is 1. The average Bonchev–Trinajstić information content (AvgIpc) is 2.61. The van der Waals surface area contributed by atoms with Crippen LogP contribution in [0.3, 0.4) is 0 Å². The Kier molecular flexibility index (Phi) is 5.58. The first-order chi connectivity index (χ1) is 12.0. The van der Waals surface area contributed by atoms with Crippen LogP contribution in [0.25, 0.3) is 0 Å². The Hall–Kier alpha value is -1.28. The second-order valence-corrected chi connectivity index (χ2v) is 7.54. The van der Waals surface area contributed by atoms with Crippen LogP contribution in [0, 0.1) is 0 Å². The third kappa shape index (κ3) is 4.11. The van der Waals surface area contributed by atoms with Gasteiger partial charge in [0.05, 0.1) is 17.8 Å². The van der Waals surface area contributed by atoms with Crippen molar-refractivity contribution in [1.82, 2.24) is 14.9 Å². The number of likely N-dealkylation sites (tertiary alicyclic amines) is 1. The number of aromatic nitrogens is 2. The molecule has 0 radical (unpaired) electrons. The fraction of sp³-hybridized carbons (Fsp3) is 0.778. The van der Waals surface area contributed by atoms with Gasteiger partial charge in [-0.05, 0) is 26.2 Å². The molecule has 3 N–H and O–H groups in total. The molecule has 1 aromatic rings. The van der Waals surface area contributed by atoms with E-state index in [1.807, 2.05) is 12.4 Å². The molecule has 3 heterocycles. The number of piperidine rings is 1. The normalized spacial score (nSPS) is 29.7. The van der Waals surface area contributed by atoms with Gasteiger partial charge in [0.2, 0.25) is 5.95 Å². The van der Waals surface area contributed by atoms with Crippen molar-refractivity contribution in [1.29, 1.82) is 0 Å². The lowest BCUT2D eigenvalue weighted by Crippen LogP contribution is -2.64. The van der Waals surface area contributed by atoms with Gasteiger partial charge in [-0.1, -0.05) is 6.92 Å². The summed E-state index contributed by atoms with van der Waals surface area (Å²) in [4.78, 5) is 11.0. The number of rotatable bonds is 5. The Labute approximate surface area is 149 Å². The van der Waals surface area contributed by atoms with Gasteiger partial charge in [0.1, 0.15) is 6.10 Å². The van der Waals surface area contributed by atoms with E-state index in [4.69, 9.17) is 4.74 Å². The van der Waals surface area contributed by atoms with Crippen LogP contribution in [0.1, 0.15) is 45.1 Å². The molecule has 7 heteroatoms. The monoisotopic (exact) mass is 350 g/mol. The predicted octanol–water partition coefficient (Wildman–Crippen LogP) is 1.17. The number of hydrogen-bond acceptors (Lipinski definition) is 7. The Balaban J connectivity index is 1.54. The summed E-state index contributed by atoms with van der Waals surface area (Å²) in [6.45, 7) is 7.63. The maximum atomic E-state index is 10.6. The van der Waals surface area contributed by atoms with Crippen molar-refractivity contribution < 1.29 is 14.9 Å². The van der Waals surface area contributed by atoms with Crippen molar-refractivity contribution in [2.24, 2.45) is 0 Å². The first-order valence-electron chi connectivity index (χ1n) is 9.27. The van der Waals surface area contributed by atoms with E-state index in [1.54, 1.807) is 6.92 Å². The van der Waals surface area contributed by atoms with Crippen LogP contribution in [-0.2, 0) is 11.3 Å². The highest BCUT2D eigenvalue weighted by atomic mass is 16.5. The molecule has 0 unspecified atom stereocenters. The van der Waals surface area contributed by atoms with Gasteiger partial charge in [-0.25, -0.2) is 9.97 Å². The molecule has 2 aliphatic heterocycles. The minimum Gasteiger partial charge on any atom is -0.387 e. The second kappa shape index (κ2) is 7.53. The van der Waals surface area contributed by atoms with E-state index in [1.165, 1.54) is 0 Å². The fourth-order valence-corrected chi connectivity index (χ4v) is 3.77. The van der Waals surface area contributed by atoms with E-state index < -0.39 is 17.3 Å². The summed E-state index contributed by atoms with van der Waals surface area (Å²) >= 11 is 0. The summed E-state index contributed by atoms with van der Waals surface area (Å²) in [5.41, 5.74) is -0.590. The van der Waals surface area contributed by atoms with Gasteiger partial charge in [-0.15, -0.1) is 0 Å². The zero-order chi connectivity index (χ0) is 17.9. The molecule has 0 saturated carbocycles. The molecule has 0 bridgehead atoms. The van der Waals surface area contributed by atoms with Gasteiger partial charge in [0, 0.05) is 50.6 Å². The molecular weight excluding hydrogens is 320 g/mol. The van der Waals surface area contributed by atoms with Crippen molar-refractivity contribution in [2.75, 3.05) is 31.6 Å². The maximum Gasteiger partial charge on any atom is 0.222 e. The Morgan fingerprint density at radius 1 is 1.28 bits per heavy atom. The molecule has 1 aromatic heterocycles. The topological polar surface area (TPSA) is 90.7 Å². The van der Waals surface area contributed by atoms with Crippen molar-refractivity contribution in [3.63, 3.8) is 0 Å². The molecule has 0 amide bonds. The largest absolute Gasteiger partial charge is 0.387 e. The summed E-state index contributed by atoms with van der Waals surface area (Å²) in [5.74, 6) is 0.671. The lowest BCUT2D eigenvalue weighted by Gasteiger charge is -2.51. The van der Waals surface area contributed by atoms with E-state index in [2.05, 4.69) is 27.1 Å². The molecule has 0 aromatic carbocycles. The lowest BCUT2D eigenvalue weighted by molar-refractivity contribution is -0.246. The molecule has 7 nitrogen and oxygen atoms in total. The molecule has 140 valence electrons. The number of aliphatic hydroxyl groups excluding tert-OH is 1. The molecule has 1 spiro atoms. The third-order valence-electron chi connectivity index (χ3n) is 5.43. The average molecular weight is 350 g/mol. The highest BCUT2D eigenvalue weighted by molar-refractivity contribution is 5.24. The van der Waals surface area contributed by atoms with E-state index in [-0.39, 0.29) is 0 Å². The molecule has 0 aliphatic carbocycles. The van der Waals surface area contributed by atoms with Crippen LogP contribution >= 0.6 is 0 Å². The summed E-state index contributed by atoms with van der Waals surface area (Å²) in [6.07, 6.45) is 5.88. The van der Waals surface area contributed by atoms with E-state index in [0.29, 0.717) is 19.0 Å². The summed E-state index contributed by atoms with van der Waals surface area (Å²) in [6, 6.07) is 0. The van der Waals surface area contributed by atoms with Gasteiger partial charge in [0.25, 0.3) is 0 Å². The first kappa shape index (κ1) is 18.5. The summed E-state index contributed by atoms with van der Waals surface area (Å²) < 4.78 is 5.94. The summed E-state index contributed by atoms with van der Waals surface area (Å²) in [5, 5.41) is 24.1. The van der Waals surface area contributed by atoms with E-state index >= 15 is 0 Å². The number of hydrogen-bond donors (Lipinski definition) is 3. The molecular formula is C18H30N4O3. The third-order valence-corrected chi connectivity index (χ3v) is 5.43. The fourth-order valence-electron chi connectivity index (χ4n) is 3.77. The van der Waals surface area contributed by atoms with Crippen molar-refractivity contribution >= 4 is 5.95 Å². The molecule has 2 atom stereocenters. The van der Waals surface area contributed by atoms with E-state index in [9.17, 15) is 10.2 Å². The SMILES string of the molecule is CCCNc1ncc(CN2CCC3(CC2)OCC[C@@](C)(O)[C@@H]3O)cn1. The highest BCUT2D eigenvalue weighted by Gasteiger charge is 2.52. The number of nitrogens with one attached hydrogen (secondary N) is 1. The molecule has 3 rings (SSSR count). The standard InChI is InChI=1S/C18H30N4O3/c1-3-7-19-16-20-11-14(12-21-16)13-22-8-4-18(5-9-22)15(23)17(2,24)6-10-25-18/h11-12,15,23-24H,3-10,13H2,1-2H3,(H,19,20,21)/t15-,17+/m0/s1. The van der Waals surface area contributed by atoms with E-state index in [0.717, 1.165) is 51.0 Å². The smallest absolute Gasteiger partial charge is 0.222 e. The van der Waals surface area contributed by atoms with Crippen LogP contribution < -0.4 is 5.32 Å². The maximum absolute atomic E-state index is 10.6. The van der Waals surface area contributed by atoms with Crippen molar-refractivity contribution in [3.8, 4) is 0 Å². The number of aliphatic hydroxyl groups is 2. The quantitative estimate of drug-likeness (QED) is 0.734. The zero-order valence-corrected chi connectivity index (χ0v) is 15.2. The molecule has 2 saturated heterocycles. The Bertz CT molecular complexity index is 556. The van der Waals surface area contributed by atoms with Gasteiger partial charge in [-0.3, -0.25) is 4.90 Å². The number of ether oxygens (including phenoxy) is 1. The van der Waals surface area contributed by atoms with Gasteiger partial charge in [0.15, 0.2) is 0 Å². The number of nitrogens with zero attached hydrogens (tertiary/aromatic N) is 3. The molecule has 2 aliphatic rings. The van der Waals surface area contributed by atoms with Crippen LogP contribution in [-0.4, -0.2) is 68.6 Å².